The second kappa shape index (κ2) is 7.19. The van der Waals surface area contributed by atoms with Crippen LogP contribution in [-0.2, 0) is 27.2 Å². The molecule has 0 atom stereocenters. The first-order valence-electron chi connectivity index (χ1n) is 6.02. The molecule has 5 nitrogen and oxygen atoms in total. The number of hydrogen-bond donors (Lipinski definition) is 1. The number of amides is 3. The smallest absolute Gasteiger partial charge is 0.336 e. The quantitative estimate of drug-likeness (QED) is 0.646. The Morgan fingerprint density at radius 1 is 0.762 bits per heavy atom. The standard InChI is InChI=1S/C15H12N2O2.Ag.H3N/c18-14-11-16(12-7-3-1-4-8-12)15(19)17(14)13-9-5-2-6-10-13;;/h1-10H,11H2;;1H3. The van der Waals surface area contributed by atoms with E-state index in [9.17, 15) is 9.59 Å². The normalized spacial score (nSPS) is 13.7. The van der Waals surface area contributed by atoms with E-state index in [1.165, 1.54) is 9.80 Å². The Hall–Kier alpha value is -1.92. The van der Waals surface area contributed by atoms with Gasteiger partial charge < -0.3 is 6.15 Å². The fourth-order valence-electron chi connectivity index (χ4n) is 2.14. The molecule has 0 unspecified atom stereocenters. The van der Waals surface area contributed by atoms with Crippen LogP contribution in [0.2, 0.25) is 0 Å². The molecule has 1 radical (unpaired) electrons. The van der Waals surface area contributed by atoms with Crippen molar-refractivity contribution < 1.29 is 32.0 Å². The minimum absolute atomic E-state index is 0. The maximum Gasteiger partial charge on any atom is 0.336 e. The number of nitrogens with zero attached hydrogens (tertiary/aromatic N) is 2. The Balaban J connectivity index is 0.00000110. The number of urea groups is 1. The van der Waals surface area contributed by atoms with Gasteiger partial charge in [0.25, 0.3) is 5.91 Å². The summed E-state index contributed by atoms with van der Waals surface area (Å²) in [6.45, 7) is 0.0811. The number of hydrogen-bond acceptors (Lipinski definition) is 3. The van der Waals surface area contributed by atoms with Crippen molar-refractivity contribution in [1.82, 2.24) is 6.15 Å². The fraction of sp³-hybridized carbons (Fsp3) is 0.0667. The molecule has 2 aromatic rings. The minimum Gasteiger partial charge on any atom is -0.344 e. The first kappa shape index (κ1) is 17.1. The van der Waals surface area contributed by atoms with E-state index >= 15 is 0 Å². The van der Waals surface area contributed by atoms with Gasteiger partial charge >= 0.3 is 6.03 Å². The van der Waals surface area contributed by atoms with Gasteiger partial charge in [-0.05, 0) is 24.3 Å². The van der Waals surface area contributed by atoms with Gasteiger partial charge in [-0.1, -0.05) is 36.4 Å². The third-order valence-electron chi connectivity index (χ3n) is 3.05. The van der Waals surface area contributed by atoms with Gasteiger partial charge in [0.05, 0.1) is 5.69 Å². The molecule has 1 heterocycles. The second-order valence-corrected chi connectivity index (χ2v) is 4.27. The minimum atomic E-state index is -0.303. The number of anilines is 2. The summed E-state index contributed by atoms with van der Waals surface area (Å²) in [5.74, 6) is -0.208. The van der Waals surface area contributed by atoms with Crippen molar-refractivity contribution in [3.8, 4) is 0 Å². The zero-order valence-electron chi connectivity index (χ0n) is 11.2. The molecule has 2 aromatic carbocycles. The van der Waals surface area contributed by atoms with Crippen LogP contribution in [0.3, 0.4) is 0 Å². The maximum atomic E-state index is 12.3. The fourth-order valence-corrected chi connectivity index (χ4v) is 2.14. The average Bonchev–Trinajstić information content (AvgIpc) is 2.76. The SMILES string of the molecule is N.O=C1CN(c2ccccc2)C(=O)N1c1ccccc1.[Ag]. The number of carbonyl (C=O) groups is 2. The first-order chi connectivity index (χ1) is 9.27. The molecule has 0 bridgehead atoms. The van der Waals surface area contributed by atoms with Crippen molar-refractivity contribution in [1.29, 1.82) is 0 Å². The van der Waals surface area contributed by atoms with Crippen LogP contribution in [0.5, 0.6) is 0 Å². The molecule has 3 amide bonds. The third-order valence-corrected chi connectivity index (χ3v) is 3.05. The van der Waals surface area contributed by atoms with Crippen LogP contribution in [0.25, 0.3) is 0 Å². The van der Waals surface area contributed by atoms with E-state index in [0.717, 1.165) is 5.69 Å². The molecule has 0 aromatic heterocycles. The Labute approximate surface area is 138 Å². The van der Waals surface area contributed by atoms with Gasteiger partial charge in [0.2, 0.25) is 0 Å². The third kappa shape index (κ3) is 3.22. The number of para-hydroxylation sites is 2. The van der Waals surface area contributed by atoms with Crippen LogP contribution in [0.1, 0.15) is 0 Å². The Morgan fingerprint density at radius 3 is 1.76 bits per heavy atom. The molecule has 3 N–H and O–H groups in total. The van der Waals surface area contributed by atoms with Crippen molar-refractivity contribution in [3.63, 3.8) is 0 Å². The van der Waals surface area contributed by atoms with E-state index in [-0.39, 0.29) is 47.0 Å². The first-order valence-corrected chi connectivity index (χ1v) is 6.02. The van der Waals surface area contributed by atoms with Gasteiger partial charge in [-0.3, -0.25) is 9.69 Å². The van der Waals surface area contributed by atoms with Gasteiger partial charge in [0.15, 0.2) is 0 Å². The summed E-state index contributed by atoms with van der Waals surface area (Å²) in [7, 11) is 0. The Kier molecular flexibility index (Phi) is 5.87. The summed E-state index contributed by atoms with van der Waals surface area (Å²) in [5, 5.41) is 0. The van der Waals surface area contributed by atoms with E-state index in [1.807, 2.05) is 36.4 Å². The molecule has 1 aliphatic rings. The van der Waals surface area contributed by atoms with Crippen LogP contribution >= 0.6 is 0 Å². The van der Waals surface area contributed by atoms with Crippen LogP contribution in [0.4, 0.5) is 16.2 Å². The molecule has 6 heteroatoms. The van der Waals surface area contributed by atoms with Crippen molar-refractivity contribution in [3.05, 3.63) is 60.7 Å². The predicted molar refractivity (Wildman–Crippen MR) is 78.1 cm³/mol. The molecule has 1 saturated heterocycles. The maximum absolute atomic E-state index is 12.3. The van der Waals surface area contributed by atoms with Gasteiger partial charge in [0, 0.05) is 28.1 Å². The monoisotopic (exact) mass is 376 g/mol. The molecule has 1 fully saturated rings. The van der Waals surface area contributed by atoms with Crippen molar-refractivity contribution in [2.24, 2.45) is 0 Å². The van der Waals surface area contributed by atoms with E-state index in [1.54, 1.807) is 24.3 Å². The zero-order valence-corrected chi connectivity index (χ0v) is 12.7. The predicted octanol–water partition coefficient (Wildman–Crippen LogP) is 2.82. The van der Waals surface area contributed by atoms with E-state index in [0.29, 0.717) is 5.69 Å². The molecule has 0 saturated carbocycles. The van der Waals surface area contributed by atoms with Gasteiger partial charge in [0.1, 0.15) is 6.54 Å². The van der Waals surface area contributed by atoms with Gasteiger partial charge in [-0.15, -0.1) is 0 Å². The van der Waals surface area contributed by atoms with E-state index in [2.05, 4.69) is 0 Å². The largest absolute Gasteiger partial charge is 0.344 e. The molecule has 21 heavy (non-hydrogen) atoms. The summed E-state index contributed by atoms with van der Waals surface area (Å²) in [6.07, 6.45) is 0. The van der Waals surface area contributed by atoms with Crippen LogP contribution in [-0.4, -0.2) is 18.5 Å². The van der Waals surface area contributed by atoms with Crippen LogP contribution in [0, 0.1) is 0 Å². The number of rotatable bonds is 2. The number of carbonyl (C=O) groups excluding carboxylic acids is 2. The van der Waals surface area contributed by atoms with E-state index < -0.39 is 0 Å². The Bertz CT molecular complexity index is 619. The van der Waals surface area contributed by atoms with Crippen molar-refractivity contribution in [2.75, 3.05) is 16.3 Å². The summed E-state index contributed by atoms with van der Waals surface area (Å²) in [6, 6.07) is 17.9. The Morgan fingerprint density at radius 2 is 1.24 bits per heavy atom. The van der Waals surface area contributed by atoms with Crippen molar-refractivity contribution >= 4 is 23.3 Å². The topological polar surface area (TPSA) is 75.6 Å². The summed E-state index contributed by atoms with van der Waals surface area (Å²) >= 11 is 0. The second-order valence-electron chi connectivity index (χ2n) is 4.27. The molecule has 0 spiro atoms. The zero-order chi connectivity index (χ0) is 13.2. The van der Waals surface area contributed by atoms with Gasteiger partial charge in [-0.25, -0.2) is 9.69 Å². The number of imide groups is 1. The average molecular weight is 377 g/mol. The van der Waals surface area contributed by atoms with Gasteiger partial charge in [-0.2, -0.15) is 0 Å². The summed E-state index contributed by atoms with van der Waals surface area (Å²) in [4.78, 5) is 27.1. The summed E-state index contributed by atoms with van der Waals surface area (Å²) < 4.78 is 0. The molecule has 113 valence electrons. The number of benzene rings is 2. The molecular formula is C15H15AgN3O2. The molecule has 1 aliphatic heterocycles. The van der Waals surface area contributed by atoms with Crippen molar-refractivity contribution in [2.45, 2.75) is 0 Å². The molecular weight excluding hydrogens is 362 g/mol. The molecule has 0 aliphatic carbocycles. The summed E-state index contributed by atoms with van der Waals surface area (Å²) in [5.41, 5.74) is 1.34. The van der Waals surface area contributed by atoms with E-state index in [4.69, 9.17) is 0 Å². The van der Waals surface area contributed by atoms with Crippen LogP contribution < -0.4 is 16.0 Å². The van der Waals surface area contributed by atoms with Crippen LogP contribution in [0.15, 0.2) is 60.7 Å². The molecule has 3 rings (SSSR count).